The summed E-state index contributed by atoms with van der Waals surface area (Å²) in [6.07, 6.45) is 0. The van der Waals surface area contributed by atoms with Gasteiger partial charge in [-0.05, 0) is 18.2 Å². The molecule has 0 aliphatic carbocycles. The number of carbonyl (C=O) groups is 1. The zero-order chi connectivity index (χ0) is 12.3. The number of rotatable bonds is 5. The number of ether oxygens (including phenoxy) is 3. The van der Waals surface area contributed by atoms with Gasteiger partial charge >= 0.3 is 5.97 Å². The average Bonchev–Trinajstić information content (AvgIpc) is 2.27. The number of aromatic carboxylic acids is 1. The molecule has 1 aliphatic rings. The predicted octanol–water partition coefficient (Wildman–Crippen LogP) is 1.42. The molecule has 1 aromatic carbocycles. The second-order valence-electron chi connectivity index (χ2n) is 3.88. The van der Waals surface area contributed by atoms with Gasteiger partial charge < -0.3 is 19.3 Å². The van der Waals surface area contributed by atoms with E-state index in [1.54, 1.807) is 12.1 Å². The van der Waals surface area contributed by atoms with E-state index < -0.39 is 5.97 Å². The molecular weight excluding hydrogens is 224 g/mol. The summed E-state index contributed by atoms with van der Waals surface area (Å²) >= 11 is 0. The Morgan fingerprint density at radius 2 is 2.29 bits per heavy atom. The van der Waals surface area contributed by atoms with Gasteiger partial charge in [0.2, 0.25) is 0 Å². The van der Waals surface area contributed by atoms with E-state index in [9.17, 15) is 4.79 Å². The fourth-order valence-corrected chi connectivity index (χ4v) is 1.52. The van der Waals surface area contributed by atoms with Gasteiger partial charge in [-0.15, -0.1) is 0 Å². The Kier molecular flexibility index (Phi) is 3.49. The van der Waals surface area contributed by atoms with E-state index in [1.165, 1.54) is 13.2 Å². The summed E-state index contributed by atoms with van der Waals surface area (Å²) in [4.78, 5) is 11.1. The fraction of sp³-hybridized carbons (Fsp3) is 0.417. The van der Waals surface area contributed by atoms with Crippen LogP contribution in [0.15, 0.2) is 18.2 Å². The third-order valence-corrected chi connectivity index (χ3v) is 2.60. The molecule has 1 heterocycles. The van der Waals surface area contributed by atoms with Gasteiger partial charge in [0, 0.05) is 5.92 Å². The third-order valence-electron chi connectivity index (χ3n) is 2.60. The Labute approximate surface area is 98.9 Å². The van der Waals surface area contributed by atoms with Gasteiger partial charge in [-0.3, -0.25) is 0 Å². The Balaban J connectivity index is 2.10. The zero-order valence-electron chi connectivity index (χ0n) is 9.51. The first kappa shape index (κ1) is 11.7. The molecule has 0 atom stereocenters. The molecule has 1 N–H and O–H groups in total. The van der Waals surface area contributed by atoms with E-state index in [1.807, 2.05) is 0 Å². The van der Waals surface area contributed by atoms with Gasteiger partial charge in [0.05, 0.1) is 26.9 Å². The van der Waals surface area contributed by atoms with Crippen LogP contribution in [-0.4, -0.2) is 38.0 Å². The molecule has 92 valence electrons. The predicted molar refractivity (Wildman–Crippen MR) is 59.8 cm³/mol. The molecule has 0 radical (unpaired) electrons. The fourth-order valence-electron chi connectivity index (χ4n) is 1.52. The summed E-state index contributed by atoms with van der Waals surface area (Å²) in [5.41, 5.74) is 0.115. The second kappa shape index (κ2) is 5.05. The van der Waals surface area contributed by atoms with Crippen LogP contribution in [0.25, 0.3) is 0 Å². The quantitative estimate of drug-likeness (QED) is 0.840. The Morgan fingerprint density at radius 3 is 2.82 bits per heavy atom. The first-order chi connectivity index (χ1) is 8.20. The van der Waals surface area contributed by atoms with Crippen LogP contribution in [0.1, 0.15) is 10.4 Å². The van der Waals surface area contributed by atoms with Crippen molar-refractivity contribution in [3.05, 3.63) is 23.8 Å². The van der Waals surface area contributed by atoms with Gasteiger partial charge in [-0.25, -0.2) is 4.79 Å². The van der Waals surface area contributed by atoms with E-state index in [4.69, 9.17) is 19.3 Å². The molecule has 0 saturated carbocycles. The molecule has 0 spiro atoms. The Hall–Kier alpha value is -1.75. The standard InChI is InChI=1S/C12H14O5/c1-15-9-2-3-11(10(4-9)12(13)14)17-7-8-5-16-6-8/h2-4,8H,5-7H2,1H3,(H,13,14). The van der Waals surface area contributed by atoms with Crippen molar-refractivity contribution >= 4 is 5.97 Å². The summed E-state index contributed by atoms with van der Waals surface area (Å²) in [5, 5.41) is 9.06. The van der Waals surface area contributed by atoms with E-state index in [0.717, 1.165) is 0 Å². The molecule has 17 heavy (non-hydrogen) atoms. The molecule has 1 fully saturated rings. The maximum atomic E-state index is 11.1. The number of carboxylic acid groups (broad SMARTS) is 1. The molecule has 0 bridgehead atoms. The summed E-state index contributed by atoms with van der Waals surface area (Å²) in [6.45, 7) is 1.84. The molecule has 0 unspecified atom stereocenters. The topological polar surface area (TPSA) is 65.0 Å². The van der Waals surface area contributed by atoms with Gasteiger partial charge in [-0.2, -0.15) is 0 Å². The highest BCUT2D eigenvalue weighted by Gasteiger charge is 2.20. The highest BCUT2D eigenvalue weighted by atomic mass is 16.5. The van der Waals surface area contributed by atoms with Crippen molar-refractivity contribution in [2.24, 2.45) is 5.92 Å². The number of carboxylic acids is 1. The lowest BCUT2D eigenvalue weighted by Crippen LogP contribution is -2.32. The van der Waals surface area contributed by atoms with E-state index >= 15 is 0 Å². The van der Waals surface area contributed by atoms with Crippen LogP contribution in [0.5, 0.6) is 11.5 Å². The lowest BCUT2D eigenvalue weighted by molar-refractivity contribution is -0.0509. The van der Waals surface area contributed by atoms with Crippen molar-refractivity contribution in [3.63, 3.8) is 0 Å². The minimum Gasteiger partial charge on any atom is -0.497 e. The largest absolute Gasteiger partial charge is 0.497 e. The molecule has 5 nitrogen and oxygen atoms in total. The normalized spacial score (nSPS) is 15.1. The van der Waals surface area contributed by atoms with Crippen molar-refractivity contribution in [2.45, 2.75) is 0 Å². The lowest BCUT2D eigenvalue weighted by atomic mass is 10.1. The smallest absolute Gasteiger partial charge is 0.339 e. The number of benzene rings is 1. The van der Waals surface area contributed by atoms with Crippen LogP contribution in [0.2, 0.25) is 0 Å². The Bertz CT molecular complexity index is 411. The number of methoxy groups -OCH3 is 1. The molecular formula is C12H14O5. The summed E-state index contributed by atoms with van der Waals surface area (Å²) < 4.78 is 15.5. The molecule has 1 saturated heterocycles. The van der Waals surface area contributed by atoms with Crippen LogP contribution in [0, 0.1) is 5.92 Å². The van der Waals surface area contributed by atoms with Crippen LogP contribution >= 0.6 is 0 Å². The average molecular weight is 238 g/mol. The van der Waals surface area contributed by atoms with E-state index in [2.05, 4.69) is 0 Å². The van der Waals surface area contributed by atoms with Crippen molar-refractivity contribution in [2.75, 3.05) is 26.9 Å². The van der Waals surface area contributed by atoms with Crippen LogP contribution < -0.4 is 9.47 Å². The zero-order valence-corrected chi connectivity index (χ0v) is 9.51. The number of hydrogen-bond acceptors (Lipinski definition) is 4. The molecule has 5 heteroatoms. The van der Waals surface area contributed by atoms with Crippen LogP contribution in [-0.2, 0) is 4.74 Å². The first-order valence-electron chi connectivity index (χ1n) is 5.32. The molecule has 1 aliphatic heterocycles. The van der Waals surface area contributed by atoms with E-state index in [0.29, 0.717) is 37.2 Å². The molecule has 2 rings (SSSR count). The van der Waals surface area contributed by atoms with Crippen molar-refractivity contribution in [1.29, 1.82) is 0 Å². The highest BCUT2D eigenvalue weighted by molar-refractivity contribution is 5.91. The molecule has 0 amide bonds. The van der Waals surface area contributed by atoms with Crippen LogP contribution in [0.3, 0.4) is 0 Å². The molecule has 0 aromatic heterocycles. The second-order valence-corrected chi connectivity index (χ2v) is 3.88. The lowest BCUT2D eigenvalue weighted by Gasteiger charge is -2.26. The minimum atomic E-state index is -1.02. The van der Waals surface area contributed by atoms with Gasteiger partial charge in [0.1, 0.15) is 17.1 Å². The maximum Gasteiger partial charge on any atom is 0.339 e. The van der Waals surface area contributed by atoms with Gasteiger partial charge in [0.15, 0.2) is 0 Å². The van der Waals surface area contributed by atoms with Gasteiger partial charge in [0.25, 0.3) is 0 Å². The van der Waals surface area contributed by atoms with Crippen molar-refractivity contribution in [1.82, 2.24) is 0 Å². The van der Waals surface area contributed by atoms with Crippen LogP contribution in [0.4, 0.5) is 0 Å². The summed E-state index contributed by atoms with van der Waals surface area (Å²) in [6, 6.07) is 4.75. The summed E-state index contributed by atoms with van der Waals surface area (Å²) in [7, 11) is 1.49. The first-order valence-corrected chi connectivity index (χ1v) is 5.32. The third kappa shape index (κ3) is 2.68. The van der Waals surface area contributed by atoms with Crippen molar-refractivity contribution in [3.8, 4) is 11.5 Å². The minimum absolute atomic E-state index is 0.115. The maximum absolute atomic E-state index is 11.1. The Morgan fingerprint density at radius 1 is 1.53 bits per heavy atom. The number of hydrogen-bond donors (Lipinski definition) is 1. The SMILES string of the molecule is COc1ccc(OCC2COC2)c(C(=O)O)c1. The monoisotopic (exact) mass is 238 g/mol. The van der Waals surface area contributed by atoms with Crippen molar-refractivity contribution < 1.29 is 24.1 Å². The highest BCUT2D eigenvalue weighted by Crippen LogP contribution is 2.25. The molecule has 1 aromatic rings. The van der Waals surface area contributed by atoms with Gasteiger partial charge in [-0.1, -0.05) is 0 Å². The van der Waals surface area contributed by atoms with E-state index in [-0.39, 0.29) is 5.56 Å². The summed E-state index contributed by atoms with van der Waals surface area (Å²) in [5.74, 6) is 0.203.